The number of aliphatic imine (C=N–C) groups is 1. The number of nitrogens with zero attached hydrogens (tertiary/aromatic N) is 2. The number of halogens is 3. The molecule has 1 unspecified atom stereocenters. The maximum absolute atomic E-state index is 13.8. The summed E-state index contributed by atoms with van der Waals surface area (Å²) in [4.78, 5) is 8.46. The van der Waals surface area contributed by atoms with Gasteiger partial charge < -0.3 is 15.4 Å². The summed E-state index contributed by atoms with van der Waals surface area (Å²) in [6.45, 7) is 7.06. The monoisotopic (exact) mass is 550 g/mol. The van der Waals surface area contributed by atoms with Gasteiger partial charge in [0.05, 0.1) is 25.8 Å². The third kappa shape index (κ3) is 7.44. The summed E-state index contributed by atoms with van der Waals surface area (Å²) in [5.41, 5.74) is 0.359. The Morgan fingerprint density at radius 3 is 2.73 bits per heavy atom. The average Bonchev–Trinajstić information content (AvgIpc) is 3.26. The molecule has 2 N–H and O–H groups in total. The van der Waals surface area contributed by atoms with Crippen molar-refractivity contribution in [1.82, 2.24) is 15.5 Å². The first kappa shape index (κ1) is 25.0. The molecular weight excluding hydrogens is 521 g/mol. The minimum Gasteiger partial charge on any atom is -0.379 e. The molecule has 30 heavy (non-hydrogen) atoms. The number of benzene rings is 1. The summed E-state index contributed by atoms with van der Waals surface area (Å²) in [6, 6.07) is 7.95. The fourth-order valence-corrected chi connectivity index (χ4v) is 4.18. The van der Waals surface area contributed by atoms with Gasteiger partial charge in [-0.3, -0.25) is 9.89 Å². The summed E-state index contributed by atoms with van der Waals surface area (Å²) >= 11 is 1.74. The molecule has 2 aromatic rings. The van der Waals surface area contributed by atoms with E-state index in [0.717, 1.165) is 45.0 Å². The zero-order chi connectivity index (χ0) is 20.5. The molecule has 0 saturated carbocycles. The number of nitrogens with one attached hydrogen (secondary N) is 2. The summed E-state index contributed by atoms with van der Waals surface area (Å²) in [5.74, 6) is -0.134. The van der Waals surface area contributed by atoms with E-state index in [9.17, 15) is 8.78 Å². The minimum absolute atomic E-state index is 0. The van der Waals surface area contributed by atoms with Crippen LogP contribution >= 0.6 is 35.3 Å². The van der Waals surface area contributed by atoms with Gasteiger partial charge >= 0.3 is 0 Å². The number of morpholine rings is 1. The maximum Gasteiger partial charge on any atom is 0.191 e. The van der Waals surface area contributed by atoms with Gasteiger partial charge in [-0.1, -0.05) is 6.07 Å². The molecule has 1 fully saturated rings. The topological polar surface area (TPSA) is 48.9 Å². The van der Waals surface area contributed by atoms with E-state index in [-0.39, 0.29) is 35.8 Å². The van der Waals surface area contributed by atoms with Gasteiger partial charge in [-0.25, -0.2) is 8.78 Å². The van der Waals surface area contributed by atoms with Crippen molar-refractivity contribution in [2.75, 3.05) is 45.9 Å². The molecular formula is C21H29F2IN4OS. The molecule has 5 nitrogen and oxygen atoms in total. The molecule has 1 aliphatic rings. The highest BCUT2D eigenvalue weighted by Gasteiger charge is 2.23. The quantitative estimate of drug-likeness (QED) is 0.298. The summed E-state index contributed by atoms with van der Waals surface area (Å²) in [5, 5.41) is 8.55. The molecule has 9 heteroatoms. The van der Waals surface area contributed by atoms with Crippen LogP contribution < -0.4 is 10.6 Å². The standard InChI is InChI=1S/C21H28F2N4OS.HI/c1-2-24-21(25-8-7-16-14-17(22)5-6-18(16)23)26-15-19(20-4-3-13-29-20)27-9-11-28-12-10-27;/h3-6,13-14,19H,2,7-12,15H2,1H3,(H2,24,25,26);1H. The first-order valence-electron chi connectivity index (χ1n) is 9.98. The largest absolute Gasteiger partial charge is 0.379 e. The minimum atomic E-state index is -0.425. The van der Waals surface area contributed by atoms with Crippen LogP contribution in [0.3, 0.4) is 0 Å². The van der Waals surface area contributed by atoms with Crippen molar-refractivity contribution in [3.05, 3.63) is 57.8 Å². The Morgan fingerprint density at radius 1 is 1.23 bits per heavy atom. The first-order chi connectivity index (χ1) is 14.2. The third-order valence-corrected chi connectivity index (χ3v) is 5.79. The molecule has 166 valence electrons. The highest BCUT2D eigenvalue weighted by molar-refractivity contribution is 14.0. The predicted octanol–water partition coefficient (Wildman–Crippen LogP) is 3.82. The van der Waals surface area contributed by atoms with Crippen LogP contribution in [0.25, 0.3) is 0 Å². The summed E-state index contributed by atoms with van der Waals surface area (Å²) in [6.07, 6.45) is 0.381. The molecule has 3 rings (SSSR count). The Hall–Kier alpha value is -1.30. The third-order valence-electron chi connectivity index (χ3n) is 4.82. The van der Waals surface area contributed by atoms with Crippen molar-refractivity contribution >= 4 is 41.3 Å². The van der Waals surface area contributed by atoms with Gasteiger partial charge in [-0.05, 0) is 48.6 Å². The Kier molecular flexibility index (Phi) is 11.0. The van der Waals surface area contributed by atoms with Crippen molar-refractivity contribution < 1.29 is 13.5 Å². The van der Waals surface area contributed by atoms with E-state index in [1.54, 1.807) is 11.3 Å². The van der Waals surface area contributed by atoms with E-state index < -0.39 is 5.82 Å². The Labute approximate surface area is 197 Å². The fraction of sp³-hybridized carbons (Fsp3) is 0.476. The van der Waals surface area contributed by atoms with E-state index >= 15 is 0 Å². The second-order valence-corrected chi connectivity index (χ2v) is 7.79. The smallest absolute Gasteiger partial charge is 0.191 e. The van der Waals surface area contributed by atoms with Gasteiger partial charge in [0.25, 0.3) is 0 Å². The van der Waals surface area contributed by atoms with Crippen LogP contribution in [0.4, 0.5) is 8.78 Å². The second kappa shape index (κ2) is 13.2. The molecule has 0 aliphatic carbocycles. The van der Waals surface area contributed by atoms with Crippen LogP contribution in [0.1, 0.15) is 23.4 Å². The molecule has 0 spiro atoms. The SMILES string of the molecule is CCNC(=NCC(c1cccs1)N1CCOCC1)NCCc1cc(F)ccc1F.I. The molecule has 1 aromatic heterocycles. The average molecular weight is 550 g/mol. The molecule has 1 saturated heterocycles. The Bertz CT molecular complexity index is 785. The first-order valence-corrected chi connectivity index (χ1v) is 10.9. The number of ether oxygens (including phenoxy) is 1. The van der Waals surface area contributed by atoms with Crippen LogP contribution in [-0.2, 0) is 11.2 Å². The molecule has 2 heterocycles. The number of thiophene rings is 1. The van der Waals surface area contributed by atoms with Crippen LogP contribution in [0.15, 0.2) is 40.7 Å². The van der Waals surface area contributed by atoms with E-state index in [1.807, 2.05) is 6.92 Å². The number of rotatable bonds is 8. The lowest BCUT2D eigenvalue weighted by Crippen LogP contribution is -2.42. The lowest BCUT2D eigenvalue weighted by atomic mass is 10.1. The predicted molar refractivity (Wildman–Crippen MR) is 129 cm³/mol. The Balaban J connectivity index is 0.00000320. The normalized spacial score (nSPS) is 16.0. The van der Waals surface area contributed by atoms with Crippen LogP contribution in [-0.4, -0.2) is 56.8 Å². The van der Waals surface area contributed by atoms with Gasteiger partial charge in [0.2, 0.25) is 0 Å². The number of hydrogen-bond acceptors (Lipinski definition) is 4. The van der Waals surface area contributed by atoms with Crippen molar-refractivity contribution in [2.24, 2.45) is 4.99 Å². The van der Waals surface area contributed by atoms with E-state index in [4.69, 9.17) is 9.73 Å². The Morgan fingerprint density at radius 2 is 2.03 bits per heavy atom. The van der Waals surface area contributed by atoms with Gasteiger partial charge in [0.15, 0.2) is 5.96 Å². The molecule has 1 aliphatic heterocycles. The maximum atomic E-state index is 13.8. The van der Waals surface area contributed by atoms with Crippen LogP contribution in [0.2, 0.25) is 0 Å². The van der Waals surface area contributed by atoms with Crippen molar-refractivity contribution in [3.8, 4) is 0 Å². The molecule has 1 atom stereocenters. The highest BCUT2D eigenvalue weighted by Crippen LogP contribution is 2.26. The van der Waals surface area contributed by atoms with Gasteiger partial charge in [0.1, 0.15) is 11.6 Å². The van der Waals surface area contributed by atoms with E-state index in [1.165, 1.54) is 10.9 Å². The van der Waals surface area contributed by atoms with Gasteiger partial charge in [0, 0.05) is 31.1 Å². The van der Waals surface area contributed by atoms with Crippen LogP contribution in [0.5, 0.6) is 0 Å². The molecule has 1 aromatic carbocycles. The second-order valence-electron chi connectivity index (χ2n) is 6.81. The zero-order valence-corrected chi connectivity index (χ0v) is 20.2. The highest BCUT2D eigenvalue weighted by atomic mass is 127. The number of hydrogen-bond donors (Lipinski definition) is 2. The van der Waals surface area contributed by atoms with Gasteiger partial charge in [-0.2, -0.15) is 0 Å². The van der Waals surface area contributed by atoms with E-state index in [2.05, 4.69) is 33.0 Å². The van der Waals surface area contributed by atoms with Crippen molar-refractivity contribution in [3.63, 3.8) is 0 Å². The summed E-state index contributed by atoms with van der Waals surface area (Å²) < 4.78 is 32.6. The van der Waals surface area contributed by atoms with E-state index in [0.29, 0.717) is 31.0 Å². The zero-order valence-electron chi connectivity index (χ0n) is 17.1. The summed E-state index contributed by atoms with van der Waals surface area (Å²) in [7, 11) is 0. The lowest BCUT2D eigenvalue weighted by molar-refractivity contribution is 0.0186. The van der Waals surface area contributed by atoms with Crippen molar-refractivity contribution in [1.29, 1.82) is 0 Å². The lowest BCUT2D eigenvalue weighted by Gasteiger charge is -2.33. The van der Waals surface area contributed by atoms with Crippen molar-refractivity contribution in [2.45, 2.75) is 19.4 Å². The molecule has 0 radical (unpaired) electrons. The number of guanidine groups is 1. The van der Waals surface area contributed by atoms with Gasteiger partial charge in [-0.15, -0.1) is 35.3 Å². The van der Waals surface area contributed by atoms with Crippen LogP contribution in [0, 0.1) is 11.6 Å². The molecule has 0 amide bonds. The fourth-order valence-electron chi connectivity index (χ4n) is 3.33. The molecule has 0 bridgehead atoms.